The average Bonchev–Trinajstić information content (AvgIpc) is 2.45. The van der Waals surface area contributed by atoms with Gasteiger partial charge in [-0.3, -0.25) is 4.79 Å². The van der Waals surface area contributed by atoms with E-state index in [-0.39, 0.29) is 0 Å². The Hall–Kier alpha value is -0.610. The summed E-state index contributed by atoms with van der Waals surface area (Å²) < 4.78 is 0. The molecule has 1 amide bonds. The molecule has 0 fully saturated rings. The van der Waals surface area contributed by atoms with Gasteiger partial charge in [0.2, 0.25) is 5.91 Å². The van der Waals surface area contributed by atoms with Gasteiger partial charge in [-0.2, -0.15) is 0 Å². The molecule has 1 atom stereocenters. The lowest BCUT2D eigenvalue weighted by Gasteiger charge is -2.24. The van der Waals surface area contributed by atoms with E-state index in [1.165, 1.54) is 0 Å². The van der Waals surface area contributed by atoms with Gasteiger partial charge in [-0.1, -0.05) is 20.8 Å². The third-order valence-electron chi connectivity index (χ3n) is 4.04. The Morgan fingerprint density at radius 2 is 1.70 bits per heavy atom. The standard InChI is InChI=1S/C16H35N3O/c1-5-18(6-2)13-8-14-19(7-3)16(20)10-9-15(4)11-12-17/h15H,5-14,17H2,1-4H3. The molecular weight excluding hydrogens is 250 g/mol. The molecule has 1 unspecified atom stereocenters. The Morgan fingerprint density at radius 3 is 2.20 bits per heavy atom. The molecule has 0 aliphatic heterocycles. The molecule has 0 saturated heterocycles. The number of rotatable bonds is 12. The molecule has 0 radical (unpaired) electrons. The van der Waals surface area contributed by atoms with Crippen molar-refractivity contribution in [2.24, 2.45) is 11.7 Å². The second kappa shape index (κ2) is 12.2. The van der Waals surface area contributed by atoms with Crippen molar-refractivity contribution in [2.45, 2.75) is 53.4 Å². The molecule has 20 heavy (non-hydrogen) atoms. The molecule has 0 saturated carbocycles. The van der Waals surface area contributed by atoms with Crippen LogP contribution in [0, 0.1) is 5.92 Å². The molecule has 0 aromatic rings. The molecule has 2 N–H and O–H groups in total. The third kappa shape index (κ3) is 8.54. The number of nitrogens with zero attached hydrogens (tertiary/aromatic N) is 2. The van der Waals surface area contributed by atoms with Crippen LogP contribution in [0.4, 0.5) is 0 Å². The first-order chi connectivity index (χ1) is 9.58. The van der Waals surface area contributed by atoms with Crippen LogP contribution in [-0.2, 0) is 4.79 Å². The highest BCUT2D eigenvalue weighted by Crippen LogP contribution is 2.11. The number of hydrogen-bond acceptors (Lipinski definition) is 3. The lowest BCUT2D eigenvalue weighted by molar-refractivity contribution is -0.131. The van der Waals surface area contributed by atoms with Crippen LogP contribution in [0.2, 0.25) is 0 Å². The highest BCUT2D eigenvalue weighted by atomic mass is 16.2. The van der Waals surface area contributed by atoms with E-state index < -0.39 is 0 Å². The van der Waals surface area contributed by atoms with E-state index in [0.29, 0.717) is 18.2 Å². The molecule has 0 bridgehead atoms. The fourth-order valence-corrected chi connectivity index (χ4v) is 2.44. The number of carbonyl (C=O) groups excluding carboxylic acids is 1. The van der Waals surface area contributed by atoms with Gasteiger partial charge in [0.1, 0.15) is 0 Å². The summed E-state index contributed by atoms with van der Waals surface area (Å²) in [7, 11) is 0. The molecule has 4 heteroatoms. The maximum Gasteiger partial charge on any atom is 0.222 e. The van der Waals surface area contributed by atoms with Crippen molar-refractivity contribution in [2.75, 3.05) is 39.3 Å². The lowest BCUT2D eigenvalue weighted by atomic mass is 10.0. The van der Waals surface area contributed by atoms with Gasteiger partial charge >= 0.3 is 0 Å². The largest absolute Gasteiger partial charge is 0.343 e. The first-order valence-electron chi connectivity index (χ1n) is 8.29. The lowest BCUT2D eigenvalue weighted by Crippen LogP contribution is -2.34. The summed E-state index contributed by atoms with van der Waals surface area (Å²) >= 11 is 0. The van der Waals surface area contributed by atoms with Crippen molar-refractivity contribution >= 4 is 5.91 Å². The van der Waals surface area contributed by atoms with Crippen molar-refractivity contribution in [1.29, 1.82) is 0 Å². The van der Waals surface area contributed by atoms with E-state index in [9.17, 15) is 4.79 Å². The third-order valence-corrected chi connectivity index (χ3v) is 4.04. The molecule has 0 aliphatic carbocycles. The highest BCUT2D eigenvalue weighted by Gasteiger charge is 2.13. The van der Waals surface area contributed by atoms with Crippen LogP contribution in [0.15, 0.2) is 0 Å². The Balaban J connectivity index is 3.96. The molecule has 0 aromatic heterocycles. The minimum absolute atomic E-state index is 0.302. The summed E-state index contributed by atoms with van der Waals surface area (Å²) in [6.45, 7) is 14.3. The van der Waals surface area contributed by atoms with E-state index >= 15 is 0 Å². The van der Waals surface area contributed by atoms with Crippen molar-refractivity contribution in [3.8, 4) is 0 Å². The van der Waals surface area contributed by atoms with Gasteiger partial charge in [0.25, 0.3) is 0 Å². The Kier molecular flexibility index (Phi) is 11.8. The van der Waals surface area contributed by atoms with Crippen molar-refractivity contribution in [1.82, 2.24) is 9.80 Å². The fourth-order valence-electron chi connectivity index (χ4n) is 2.44. The first-order valence-corrected chi connectivity index (χ1v) is 8.29. The van der Waals surface area contributed by atoms with Gasteiger partial charge in [-0.15, -0.1) is 0 Å². The minimum atomic E-state index is 0.302. The molecule has 0 aromatic carbocycles. The predicted octanol–water partition coefficient (Wildman–Crippen LogP) is 2.33. The van der Waals surface area contributed by atoms with Crippen LogP contribution in [0.5, 0.6) is 0 Å². The van der Waals surface area contributed by atoms with Crippen LogP contribution in [-0.4, -0.2) is 55.0 Å². The van der Waals surface area contributed by atoms with E-state index in [1.54, 1.807) is 0 Å². The zero-order chi connectivity index (χ0) is 15.4. The monoisotopic (exact) mass is 285 g/mol. The van der Waals surface area contributed by atoms with Gasteiger partial charge in [-0.25, -0.2) is 0 Å². The van der Waals surface area contributed by atoms with E-state index in [1.807, 2.05) is 4.90 Å². The van der Waals surface area contributed by atoms with Gasteiger partial charge in [0, 0.05) is 19.5 Å². The molecule has 4 nitrogen and oxygen atoms in total. The predicted molar refractivity (Wildman–Crippen MR) is 86.7 cm³/mol. The minimum Gasteiger partial charge on any atom is -0.343 e. The molecule has 0 heterocycles. The van der Waals surface area contributed by atoms with Gasteiger partial charge in [0.15, 0.2) is 0 Å². The maximum absolute atomic E-state index is 12.2. The van der Waals surface area contributed by atoms with Gasteiger partial charge in [-0.05, 0) is 58.3 Å². The maximum atomic E-state index is 12.2. The highest BCUT2D eigenvalue weighted by molar-refractivity contribution is 5.76. The molecule has 0 rings (SSSR count). The summed E-state index contributed by atoms with van der Waals surface area (Å²) in [5, 5.41) is 0. The van der Waals surface area contributed by atoms with Crippen LogP contribution < -0.4 is 5.73 Å². The smallest absolute Gasteiger partial charge is 0.222 e. The van der Waals surface area contributed by atoms with Crippen LogP contribution in [0.1, 0.15) is 53.4 Å². The summed E-state index contributed by atoms with van der Waals surface area (Å²) in [4.78, 5) is 16.6. The Morgan fingerprint density at radius 1 is 1.05 bits per heavy atom. The Labute approximate surface area is 125 Å². The number of carbonyl (C=O) groups is 1. The fraction of sp³-hybridized carbons (Fsp3) is 0.938. The van der Waals surface area contributed by atoms with Crippen molar-refractivity contribution < 1.29 is 4.79 Å². The molecule has 120 valence electrons. The zero-order valence-corrected chi connectivity index (χ0v) is 14.0. The van der Waals surface area contributed by atoms with Crippen LogP contribution in [0.3, 0.4) is 0 Å². The normalized spacial score (nSPS) is 12.7. The topological polar surface area (TPSA) is 49.6 Å². The zero-order valence-electron chi connectivity index (χ0n) is 14.0. The summed E-state index contributed by atoms with van der Waals surface area (Å²) in [5.74, 6) is 0.856. The second-order valence-corrected chi connectivity index (χ2v) is 5.58. The molecule has 0 aliphatic rings. The second-order valence-electron chi connectivity index (χ2n) is 5.58. The molecular formula is C16H35N3O. The summed E-state index contributed by atoms with van der Waals surface area (Å²) in [6, 6.07) is 0. The van der Waals surface area contributed by atoms with E-state index in [0.717, 1.165) is 58.5 Å². The SMILES string of the molecule is CCN(CC)CCCN(CC)C(=O)CCC(C)CCN. The van der Waals surface area contributed by atoms with Gasteiger partial charge < -0.3 is 15.5 Å². The first kappa shape index (κ1) is 19.4. The molecule has 0 spiro atoms. The summed E-state index contributed by atoms with van der Waals surface area (Å²) in [5.41, 5.74) is 5.54. The average molecular weight is 285 g/mol. The quantitative estimate of drug-likeness (QED) is 0.599. The number of hydrogen-bond donors (Lipinski definition) is 1. The number of nitrogens with two attached hydrogens (primary N) is 1. The van der Waals surface area contributed by atoms with E-state index in [2.05, 4.69) is 32.6 Å². The summed E-state index contributed by atoms with van der Waals surface area (Å²) in [6.07, 6.45) is 3.71. The van der Waals surface area contributed by atoms with Crippen molar-refractivity contribution in [3.63, 3.8) is 0 Å². The van der Waals surface area contributed by atoms with Crippen molar-refractivity contribution in [3.05, 3.63) is 0 Å². The number of amides is 1. The van der Waals surface area contributed by atoms with Gasteiger partial charge in [0.05, 0.1) is 0 Å². The van der Waals surface area contributed by atoms with E-state index in [4.69, 9.17) is 5.73 Å². The van der Waals surface area contributed by atoms with Crippen LogP contribution in [0.25, 0.3) is 0 Å². The Bertz CT molecular complexity index is 242. The van der Waals surface area contributed by atoms with Crippen LogP contribution >= 0.6 is 0 Å².